The van der Waals surface area contributed by atoms with Crippen molar-refractivity contribution in [2.75, 3.05) is 39.9 Å². The third-order valence-corrected chi connectivity index (χ3v) is 5.35. The van der Waals surface area contributed by atoms with Gasteiger partial charge in [-0.1, -0.05) is 11.2 Å². The average Bonchev–Trinajstić information content (AvgIpc) is 3.24. The summed E-state index contributed by atoms with van der Waals surface area (Å²) in [6, 6.07) is 4.81. The van der Waals surface area contributed by atoms with Crippen molar-refractivity contribution in [1.82, 2.24) is 19.9 Å². The first-order chi connectivity index (χ1) is 11.1. The molecule has 0 radical (unpaired) electrons. The van der Waals surface area contributed by atoms with Gasteiger partial charge in [-0.2, -0.15) is 4.98 Å². The van der Waals surface area contributed by atoms with E-state index in [9.17, 15) is 0 Å². The van der Waals surface area contributed by atoms with Crippen LogP contribution >= 0.6 is 11.3 Å². The molecule has 0 aliphatic carbocycles. The number of nitrogens with zero attached hydrogens (tertiary/aromatic N) is 4. The second-order valence-electron chi connectivity index (χ2n) is 5.97. The molecule has 2 aromatic heterocycles. The second-order valence-corrected chi connectivity index (χ2v) is 6.95. The molecule has 1 aliphatic heterocycles. The van der Waals surface area contributed by atoms with E-state index < -0.39 is 0 Å². The van der Waals surface area contributed by atoms with Crippen molar-refractivity contribution < 1.29 is 9.26 Å². The van der Waals surface area contributed by atoms with E-state index in [-0.39, 0.29) is 6.04 Å². The maximum absolute atomic E-state index is 5.51. The lowest BCUT2D eigenvalue weighted by molar-refractivity contribution is 0.00666. The zero-order chi connectivity index (χ0) is 16.2. The summed E-state index contributed by atoms with van der Waals surface area (Å²) in [5.41, 5.74) is 0. The van der Waals surface area contributed by atoms with Crippen molar-refractivity contribution >= 4 is 11.3 Å². The van der Waals surface area contributed by atoms with Crippen LogP contribution in [0, 0.1) is 6.92 Å². The Kier molecular flexibility index (Phi) is 5.42. The molecule has 2 aromatic rings. The van der Waals surface area contributed by atoms with E-state index in [0.29, 0.717) is 17.8 Å². The highest BCUT2D eigenvalue weighted by Gasteiger charge is 2.27. The van der Waals surface area contributed by atoms with Gasteiger partial charge in [0.1, 0.15) is 0 Å². The Labute approximate surface area is 141 Å². The lowest BCUT2D eigenvalue weighted by Gasteiger charge is -2.37. The minimum atomic E-state index is 0.0969. The zero-order valence-electron chi connectivity index (χ0n) is 13.9. The molecule has 0 amide bonds. The summed E-state index contributed by atoms with van der Waals surface area (Å²) in [6.45, 7) is 8.45. The van der Waals surface area contributed by atoms with Crippen molar-refractivity contribution in [3.8, 4) is 0 Å². The maximum Gasteiger partial charge on any atom is 0.243 e. The van der Waals surface area contributed by atoms with Crippen LogP contribution < -0.4 is 0 Å². The van der Waals surface area contributed by atoms with Gasteiger partial charge >= 0.3 is 0 Å². The molecule has 0 unspecified atom stereocenters. The molecule has 1 saturated heterocycles. The van der Waals surface area contributed by atoms with Crippen molar-refractivity contribution in [3.05, 3.63) is 34.1 Å². The van der Waals surface area contributed by atoms with E-state index in [4.69, 9.17) is 9.26 Å². The second kappa shape index (κ2) is 7.53. The van der Waals surface area contributed by atoms with Crippen molar-refractivity contribution in [3.63, 3.8) is 0 Å². The quantitative estimate of drug-likeness (QED) is 0.808. The minimum absolute atomic E-state index is 0.0969. The summed E-state index contributed by atoms with van der Waals surface area (Å²) in [4.78, 5) is 10.6. The topological polar surface area (TPSA) is 54.6 Å². The summed E-state index contributed by atoms with van der Waals surface area (Å²) in [5.74, 6) is 1.36. The van der Waals surface area contributed by atoms with Crippen LogP contribution in [0.1, 0.15) is 35.6 Å². The van der Waals surface area contributed by atoms with Gasteiger partial charge in [-0.05, 0) is 32.3 Å². The predicted octanol–water partition coefficient (Wildman–Crippen LogP) is 2.51. The number of aromatic nitrogens is 2. The summed E-state index contributed by atoms with van der Waals surface area (Å²) >= 11 is 1.82. The van der Waals surface area contributed by atoms with Gasteiger partial charge in [0.25, 0.3) is 0 Å². The van der Waals surface area contributed by atoms with E-state index >= 15 is 0 Å². The highest BCUT2D eigenvalue weighted by atomic mass is 32.1. The van der Waals surface area contributed by atoms with E-state index in [1.54, 1.807) is 0 Å². The Morgan fingerprint density at radius 3 is 2.78 bits per heavy atom. The van der Waals surface area contributed by atoms with Gasteiger partial charge in [-0.3, -0.25) is 9.80 Å². The molecule has 23 heavy (non-hydrogen) atoms. The molecule has 6 nitrogen and oxygen atoms in total. The van der Waals surface area contributed by atoms with Gasteiger partial charge in [-0.15, -0.1) is 11.3 Å². The van der Waals surface area contributed by atoms with Crippen LogP contribution in [0.3, 0.4) is 0 Å². The molecule has 3 heterocycles. The molecule has 0 N–H and O–H groups in total. The zero-order valence-corrected chi connectivity index (χ0v) is 14.8. The van der Waals surface area contributed by atoms with Gasteiger partial charge in [0, 0.05) is 24.5 Å². The molecule has 0 bridgehead atoms. The highest BCUT2D eigenvalue weighted by Crippen LogP contribution is 2.29. The van der Waals surface area contributed by atoms with Gasteiger partial charge in [0.2, 0.25) is 5.89 Å². The van der Waals surface area contributed by atoms with Gasteiger partial charge in [0.15, 0.2) is 5.82 Å². The van der Waals surface area contributed by atoms with Crippen LogP contribution in [0.25, 0.3) is 0 Å². The first-order valence-electron chi connectivity index (χ1n) is 8.01. The Morgan fingerprint density at radius 1 is 1.39 bits per heavy atom. The van der Waals surface area contributed by atoms with Crippen LogP contribution in [0.5, 0.6) is 0 Å². The van der Waals surface area contributed by atoms with Crippen LogP contribution in [-0.4, -0.2) is 59.8 Å². The largest absolute Gasteiger partial charge is 0.379 e. The molecule has 7 heteroatoms. The number of thiophene rings is 1. The molecule has 0 saturated carbocycles. The predicted molar refractivity (Wildman–Crippen MR) is 89.5 cm³/mol. The van der Waals surface area contributed by atoms with Gasteiger partial charge in [-0.25, -0.2) is 0 Å². The smallest absolute Gasteiger partial charge is 0.243 e. The van der Waals surface area contributed by atoms with Gasteiger partial charge in [0.05, 0.1) is 25.3 Å². The lowest BCUT2D eigenvalue weighted by Crippen LogP contribution is -2.43. The monoisotopic (exact) mass is 336 g/mol. The van der Waals surface area contributed by atoms with E-state index in [1.807, 2.05) is 18.3 Å². The summed E-state index contributed by atoms with van der Waals surface area (Å²) in [5, 5.41) is 6.05. The third kappa shape index (κ3) is 3.98. The van der Waals surface area contributed by atoms with Crippen molar-refractivity contribution in [2.45, 2.75) is 25.9 Å². The highest BCUT2D eigenvalue weighted by molar-refractivity contribution is 7.10. The number of morpholine rings is 1. The molecular weight excluding hydrogens is 312 g/mol. The van der Waals surface area contributed by atoms with Crippen LogP contribution in [-0.2, 0) is 4.74 Å². The standard InChI is InChI=1S/C16H24N4O2S/c1-12(16-17-13(2)18-22-16)19(3)11-14(15-5-4-10-23-15)20-6-8-21-9-7-20/h4-5,10,12,14H,6-9,11H2,1-3H3/t12-,14+/m0/s1. The van der Waals surface area contributed by atoms with Crippen LogP contribution in [0.15, 0.2) is 22.0 Å². The van der Waals surface area contributed by atoms with Crippen LogP contribution in [0.2, 0.25) is 0 Å². The van der Waals surface area contributed by atoms with Crippen LogP contribution in [0.4, 0.5) is 0 Å². The molecule has 126 valence electrons. The Bertz CT molecular complexity index is 595. The number of hydrogen-bond acceptors (Lipinski definition) is 7. The van der Waals surface area contributed by atoms with Gasteiger partial charge < -0.3 is 9.26 Å². The minimum Gasteiger partial charge on any atom is -0.379 e. The third-order valence-electron chi connectivity index (χ3n) is 4.38. The van der Waals surface area contributed by atoms with E-state index in [0.717, 1.165) is 32.8 Å². The molecule has 1 fully saturated rings. The number of likely N-dealkylation sites (N-methyl/N-ethyl adjacent to an activating group) is 1. The van der Waals surface area contributed by atoms with E-state index in [1.165, 1.54) is 4.88 Å². The summed E-state index contributed by atoms with van der Waals surface area (Å²) in [6.07, 6.45) is 0. The molecule has 1 aliphatic rings. The SMILES string of the molecule is Cc1noc([C@H](C)N(C)C[C@H](c2cccs2)N2CCOCC2)n1. The number of ether oxygens (including phenoxy) is 1. The Morgan fingerprint density at radius 2 is 2.17 bits per heavy atom. The molecule has 0 aromatic carbocycles. The summed E-state index contributed by atoms with van der Waals surface area (Å²) < 4.78 is 10.8. The normalized spacial score (nSPS) is 19.1. The van der Waals surface area contributed by atoms with Crippen molar-refractivity contribution in [1.29, 1.82) is 0 Å². The molecule has 2 atom stereocenters. The number of aryl methyl sites for hydroxylation is 1. The number of hydrogen-bond donors (Lipinski definition) is 0. The van der Waals surface area contributed by atoms with E-state index in [2.05, 4.69) is 51.4 Å². The fraction of sp³-hybridized carbons (Fsp3) is 0.625. The maximum atomic E-state index is 5.51. The summed E-state index contributed by atoms with van der Waals surface area (Å²) in [7, 11) is 2.12. The molecule has 0 spiro atoms. The number of rotatable bonds is 6. The first kappa shape index (κ1) is 16.6. The molecular formula is C16H24N4O2S. The first-order valence-corrected chi connectivity index (χ1v) is 8.88. The van der Waals surface area contributed by atoms with Crippen molar-refractivity contribution in [2.24, 2.45) is 0 Å². The average molecular weight is 336 g/mol. The Hall–Kier alpha value is -1.28. The lowest BCUT2D eigenvalue weighted by atomic mass is 10.1. The fourth-order valence-electron chi connectivity index (χ4n) is 2.86. The molecule has 3 rings (SSSR count). The fourth-order valence-corrected chi connectivity index (χ4v) is 3.71. The Balaban J connectivity index is 1.72.